The number of hydrogen-bond acceptors (Lipinski definition) is 6. The number of hydrogen-bond donors (Lipinski definition) is 0. The summed E-state index contributed by atoms with van der Waals surface area (Å²) < 4.78 is 68.6. The van der Waals surface area contributed by atoms with Crippen molar-refractivity contribution in [3.05, 3.63) is 66.2 Å². The van der Waals surface area contributed by atoms with E-state index in [1.807, 2.05) is 0 Å². The van der Waals surface area contributed by atoms with Crippen LogP contribution in [0.4, 0.5) is 4.39 Å². The quantitative estimate of drug-likeness (QED) is 0.701. The molecule has 0 saturated heterocycles. The van der Waals surface area contributed by atoms with Gasteiger partial charge in [-0.05, 0) is 36.3 Å². The number of fused-ring (bicyclic) bond motifs is 1. The van der Waals surface area contributed by atoms with Gasteiger partial charge in [-0.15, -0.1) is 0 Å². The minimum atomic E-state index is -5.00. The van der Waals surface area contributed by atoms with Gasteiger partial charge < -0.3 is 4.74 Å². The molecule has 148 valence electrons. The van der Waals surface area contributed by atoms with E-state index in [0.29, 0.717) is 11.1 Å². The highest BCUT2D eigenvalue weighted by Gasteiger charge is 2.69. The Morgan fingerprint density at radius 1 is 0.929 bits per heavy atom. The molecule has 0 unspecified atom stereocenters. The molecule has 28 heavy (non-hydrogen) atoms. The van der Waals surface area contributed by atoms with Crippen LogP contribution in [0.2, 0.25) is 0 Å². The zero-order valence-electron chi connectivity index (χ0n) is 15.0. The number of sulfone groups is 2. The number of ether oxygens (including phenoxy) is 1. The third kappa shape index (κ3) is 2.85. The molecule has 1 heterocycles. The molecule has 6 nitrogen and oxygen atoms in total. The van der Waals surface area contributed by atoms with E-state index in [0.717, 1.165) is 25.1 Å². The molecule has 0 aromatic heterocycles. The van der Waals surface area contributed by atoms with Crippen LogP contribution in [-0.2, 0) is 29.2 Å². The van der Waals surface area contributed by atoms with Crippen molar-refractivity contribution in [3.63, 3.8) is 0 Å². The second-order valence-corrected chi connectivity index (χ2v) is 10.6. The lowest BCUT2D eigenvalue weighted by Gasteiger charge is -2.26. The predicted molar refractivity (Wildman–Crippen MR) is 100 cm³/mol. The zero-order chi connectivity index (χ0) is 20.7. The van der Waals surface area contributed by atoms with Gasteiger partial charge in [0.1, 0.15) is 0 Å². The number of benzene rings is 2. The fourth-order valence-electron chi connectivity index (χ4n) is 3.05. The summed E-state index contributed by atoms with van der Waals surface area (Å²) in [5.41, 5.74) is 0.943. The number of halogens is 1. The molecule has 0 radical (unpaired) electrons. The van der Waals surface area contributed by atoms with Crippen LogP contribution in [0.15, 0.2) is 70.5 Å². The SMILES string of the molecule is CC(=O)O[C@@H](/C=C(/C)c1ccccc1)C1(F)S(=O)(=O)c2ccccc2S1(=O)=O. The first-order chi connectivity index (χ1) is 13.0. The molecule has 2 aromatic carbocycles. The van der Waals surface area contributed by atoms with Crippen LogP contribution in [0, 0.1) is 0 Å². The molecule has 0 saturated carbocycles. The molecule has 0 spiro atoms. The van der Waals surface area contributed by atoms with Crippen LogP contribution in [0.3, 0.4) is 0 Å². The summed E-state index contributed by atoms with van der Waals surface area (Å²) >= 11 is 0. The van der Waals surface area contributed by atoms with E-state index < -0.39 is 45.9 Å². The Bertz CT molecular complexity index is 1110. The third-order valence-electron chi connectivity index (χ3n) is 4.42. The highest BCUT2D eigenvalue weighted by molar-refractivity contribution is 8.12. The van der Waals surface area contributed by atoms with Crippen LogP contribution in [0.25, 0.3) is 5.57 Å². The Labute approximate surface area is 162 Å². The highest BCUT2D eigenvalue weighted by Crippen LogP contribution is 2.50. The largest absolute Gasteiger partial charge is 0.452 e. The maximum Gasteiger partial charge on any atom is 0.357 e. The van der Waals surface area contributed by atoms with Crippen molar-refractivity contribution < 1.29 is 30.8 Å². The summed E-state index contributed by atoms with van der Waals surface area (Å²) in [4.78, 5) is 10.3. The van der Waals surface area contributed by atoms with Gasteiger partial charge in [-0.1, -0.05) is 42.5 Å². The Balaban J connectivity index is 2.25. The van der Waals surface area contributed by atoms with Crippen LogP contribution < -0.4 is 0 Å². The van der Waals surface area contributed by atoms with Gasteiger partial charge in [-0.2, -0.15) is 0 Å². The maximum atomic E-state index is 16.1. The molecule has 0 bridgehead atoms. The van der Waals surface area contributed by atoms with Crippen molar-refractivity contribution in [2.45, 2.75) is 34.1 Å². The van der Waals surface area contributed by atoms with Crippen molar-refractivity contribution in [1.82, 2.24) is 0 Å². The number of rotatable bonds is 4. The van der Waals surface area contributed by atoms with E-state index in [2.05, 4.69) is 0 Å². The van der Waals surface area contributed by atoms with Crippen LogP contribution in [-0.4, -0.2) is 33.2 Å². The van der Waals surface area contributed by atoms with E-state index in [1.165, 1.54) is 19.1 Å². The monoisotopic (exact) mass is 424 g/mol. The molecule has 0 N–H and O–H groups in total. The molecule has 0 fully saturated rings. The Morgan fingerprint density at radius 3 is 1.86 bits per heavy atom. The lowest BCUT2D eigenvalue weighted by molar-refractivity contribution is -0.146. The highest BCUT2D eigenvalue weighted by atomic mass is 32.3. The van der Waals surface area contributed by atoms with E-state index >= 15 is 4.39 Å². The lowest BCUT2D eigenvalue weighted by atomic mass is 10.1. The molecule has 0 amide bonds. The van der Waals surface area contributed by atoms with Crippen molar-refractivity contribution in [3.8, 4) is 0 Å². The van der Waals surface area contributed by atoms with Gasteiger partial charge in [0.25, 0.3) is 0 Å². The van der Waals surface area contributed by atoms with Crippen molar-refractivity contribution >= 4 is 31.2 Å². The number of allylic oxidation sites excluding steroid dienone is 1. The fourth-order valence-corrected chi connectivity index (χ4v) is 8.03. The summed E-state index contributed by atoms with van der Waals surface area (Å²) in [6.45, 7) is 2.49. The molecule has 0 aliphatic carbocycles. The van der Waals surface area contributed by atoms with Gasteiger partial charge in [-0.3, -0.25) is 4.79 Å². The van der Waals surface area contributed by atoms with Crippen molar-refractivity contribution in [2.75, 3.05) is 0 Å². The molecular weight excluding hydrogens is 407 g/mol. The second-order valence-electron chi connectivity index (χ2n) is 6.28. The van der Waals surface area contributed by atoms with Gasteiger partial charge >= 0.3 is 10.3 Å². The first-order valence-electron chi connectivity index (χ1n) is 8.21. The number of carbonyl (C=O) groups excluding carboxylic acids is 1. The zero-order valence-corrected chi connectivity index (χ0v) is 16.6. The fraction of sp³-hybridized carbons (Fsp3) is 0.211. The third-order valence-corrected chi connectivity index (χ3v) is 9.67. The van der Waals surface area contributed by atoms with E-state index in [4.69, 9.17) is 4.74 Å². The number of alkyl halides is 1. The molecule has 3 rings (SSSR count). The van der Waals surface area contributed by atoms with E-state index in [1.54, 1.807) is 30.3 Å². The van der Waals surface area contributed by atoms with E-state index in [9.17, 15) is 21.6 Å². The molecule has 1 aliphatic heterocycles. The summed E-state index contributed by atoms with van der Waals surface area (Å²) in [6.07, 6.45) is -1.18. The maximum absolute atomic E-state index is 16.1. The smallest absolute Gasteiger partial charge is 0.357 e. The predicted octanol–water partition coefficient (Wildman–Crippen LogP) is 2.91. The number of carbonyl (C=O) groups is 1. The Kier molecular flexibility index (Phi) is 4.93. The molecule has 1 aliphatic rings. The Hall–Kier alpha value is -2.52. The van der Waals surface area contributed by atoms with Crippen molar-refractivity contribution in [1.29, 1.82) is 0 Å². The Morgan fingerprint density at radius 2 is 1.39 bits per heavy atom. The summed E-state index contributed by atoms with van der Waals surface area (Å²) in [7, 11) is -10.0. The standard InChI is InChI=1S/C19H17FO6S2/c1-13(15-8-4-3-5-9-15)12-18(26-14(2)21)19(20)27(22,23)16-10-6-7-11-17(16)28(19,24)25/h3-12,18H,1-2H3/b13-12-/t18-/m0/s1. The van der Waals surface area contributed by atoms with Gasteiger partial charge in [0.05, 0.1) is 9.79 Å². The normalized spacial score (nSPS) is 20.2. The minimum Gasteiger partial charge on any atom is -0.452 e. The molecule has 1 atom stereocenters. The van der Waals surface area contributed by atoms with Crippen LogP contribution in [0.5, 0.6) is 0 Å². The summed E-state index contributed by atoms with van der Waals surface area (Å²) in [5.74, 6) is -1.01. The average Bonchev–Trinajstić information content (AvgIpc) is 2.78. The van der Waals surface area contributed by atoms with Crippen LogP contribution >= 0.6 is 0 Å². The van der Waals surface area contributed by atoms with Crippen LogP contribution in [0.1, 0.15) is 19.4 Å². The minimum absolute atomic E-state index is 0.352. The first kappa shape index (κ1) is 20.2. The summed E-state index contributed by atoms with van der Waals surface area (Å²) in [5, 5.41) is 0. The molecule has 9 heteroatoms. The second kappa shape index (κ2) is 6.82. The molecule has 2 aromatic rings. The average molecular weight is 424 g/mol. The number of esters is 1. The van der Waals surface area contributed by atoms with Gasteiger partial charge in [0.2, 0.25) is 19.7 Å². The van der Waals surface area contributed by atoms with E-state index in [-0.39, 0.29) is 0 Å². The van der Waals surface area contributed by atoms with Gasteiger partial charge in [0, 0.05) is 6.92 Å². The van der Waals surface area contributed by atoms with Crippen molar-refractivity contribution in [2.24, 2.45) is 0 Å². The topological polar surface area (TPSA) is 94.6 Å². The molecular formula is C19H17FO6S2. The first-order valence-corrected chi connectivity index (χ1v) is 11.2. The summed E-state index contributed by atoms with van der Waals surface area (Å²) in [6, 6.07) is 13.1. The lowest BCUT2D eigenvalue weighted by Crippen LogP contribution is -2.48. The van der Waals surface area contributed by atoms with Gasteiger partial charge in [0.15, 0.2) is 6.10 Å². The van der Waals surface area contributed by atoms with Gasteiger partial charge in [-0.25, -0.2) is 21.2 Å².